The molecule has 0 bridgehead atoms. The third-order valence-corrected chi connectivity index (χ3v) is 2.99. The smallest absolute Gasteiger partial charge is 0.123 e. The first-order valence-corrected chi connectivity index (χ1v) is 5.13. The number of halogens is 1. The molecule has 2 rings (SSSR count). The van der Waals surface area contributed by atoms with Gasteiger partial charge in [0.05, 0.1) is 7.11 Å². The van der Waals surface area contributed by atoms with E-state index in [0.29, 0.717) is 0 Å². The summed E-state index contributed by atoms with van der Waals surface area (Å²) in [5, 5.41) is 0. The zero-order valence-electron chi connectivity index (χ0n) is 7.51. The van der Waals surface area contributed by atoms with Crippen LogP contribution < -0.4 is 10.5 Å². The lowest BCUT2D eigenvalue weighted by Gasteiger charge is -2.09. The molecule has 0 saturated carbocycles. The lowest BCUT2D eigenvalue weighted by atomic mass is 10.1. The normalized spacial score (nSPS) is 20.1. The Balaban J connectivity index is 2.56. The Morgan fingerprint density at radius 1 is 1.54 bits per heavy atom. The first-order chi connectivity index (χ1) is 6.22. The van der Waals surface area contributed by atoms with Gasteiger partial charge in [-0.15, -0.1) is 0 Å². The van der Waals surface area contributed by atoms with Crippen molar-refractivity contribution in [3.05, 3.63) is 27.7 Å². The maximum atomic E-state index is 5.96. The van der Waals surface area contributed by atoms with Gasteiger partial charge in [0.2, 0.25) is 0 Å². The second-order valence-corrected chi connectivity index (χ2v) is 4.24. The van der Waals surface area contributed by atoms with Crippen molar-refractivity contribution in [1.82, 2.24) is 0 Å². The zero-order valence-corrected chi connectivity index (χ0v) is 9.10. The molecule has 1 atom stereocenters. The van der Waals surface area contributed by atoms with Gasteiger partial charge in [0.1, 0.15) is 5.75 Å². The molecule has 1 unspecified atom stereocenters. The Hall–Kier alpha value is -0.540. The van der Waals surface area contributed by atoms with Crippen molar-refractivity contribution < 1.29 is 4.74 Å². The van der Waals surface area contributed by atoms with Crippen LogP contribution in [-0.4, -0.2) is 7.11 Å². The zero-order chi connectivity index (χ0) is 9.42. The lowest BCUT2D eigenvalue weighted by Crippen LogP contribution is -2.05. The van der Waals surface area contributed by atoms with Gasteiger partial charge in [-0.3, -0.25) is 0 Å². The molecule has 13 heavy (non-hydrogen) atoms. The van der Waals surface area contributed by atoms with E-state index in [1.807, 2.05) is 6.07 Å². The number of hydrogen-bond donors (Lipinski definition) is 1. The van der Waals surface area contributed by atoms with Crippen LogP contribution in [0.1, 0.15) is 23.6 Å². The average Bonchev–Trinajstić information content (AvgIpc) is 2.47. The molecular weight excluding hydrogens is 230 g/mol. The van der Waals surface area contributed by atoms with Crippen molar-refractivity contribution >= 4 is 15.9 Å². The lowest BCUT2D eigenvalue weighted by molar-refractivity contribution is 0.410. The molecule has 3 heteroatoms. The van der Waals surface area contributed by atoms with Crippen LogP contribution in [0.15, 0.2) is 16.6 Å². The van der Waals surface area contributed by atoms with Crippen LogP contribution >= 0.6 is 15.9 Å². The molecule has 0 heterocycles. The van der Waals surface area contributed by atoms with Gasteiger partial charge < -0.3 is 10.5 Å². The molecule has 1 aromatic rings. The van der Waals surface area contributed by atoms with Crippen molar-refractivity contribution in [2.45, 2.75) is 18.9 Å². The number of nitrogens with two attached hydrogens (primary N) is 1. The van der Waals surface area contributed by atoms with Crippen LogP contribution in [0.25, 0.3) is 0 Å². The molecule has 0 radical (unpaired) electrons. The summed E-state index contributed by atoms with van der Waals surface area (Å²) in [7, 11) is 1.70. The quantitative estimate of drug-likeness (QED) is 0.820. The van der Waals surface area contributed by atoms with E-state index in [-0.39, 0.29) is 6.04 Å². The highest BCUT2D eigenvalue weighted by molar-refractivity contribution is 9.10. The molecule has 1 aliphatic carbocycles. The van der Waals surface area contributed by atoms with Crippen molar-refractivity contribution in [2.24, 2.45) is 5.73 Å². The fraction of sp³-hybridized carbons (Fsp3) is 0.400. The van der Waals surface area contributed by atoms with E-state index in [2.05, 4.69) is 22.0 Å². The highest BCUT2D eigenvalue weighted by Gasteiger charge is 2.22. The van der Waals surface area contributed by atoms with Crippen LogP contribution in [0.5, 0.6) is 5.75 Å². The highest BCUT2D eigenvalue weighted by Crippen LogP contribution is 2.37. The number of benzene rings is 1. The Kier molecular flexibility index (Phi) is 2.30. The number of methoxy groups -OCH3 is 1. The second-order valence-electron chi connectivity index (χ2n) is 3.32. The van der Waals surface area contributed by atoms with E-state index in [9.17, 15) is 0 Å². The number of ether oxygens (including phenoxy) is 1. The summed E-state index contributed by atoms with van der Waals surface area (Å²) < 4.78 is 6.34. The van der Waals surface area contributed by atoms with Gasteiger partial charge in [0.15, 0.2) is 0 Å². The third-order valence-electron chi connectivity index (χ3n) is 2.53. The summed E-state index contributed by atoms with van der Waals surface area (Å²) in [6.45, 7) is 0. The minimum absolute atomic E-state index is 0.182. The molecule has 1 aliphatic rings. The van der Waals surface area contributed by atoms with Gasteiger partial charge in [-0.1, -0.05) is 15.9 Å². The fourth-order valence-corrected chi connectivity index (χ4v) is 2.32. The molecule has 0 aromatic heterocycles. The Morgan fingerprint density at radius 2 is 2.31 bits per heavy atom. The summed E-state index contributed by atoms with van der Waals surface area (Å²) >= 11 is 3.45. The van der Waals surface area contributed by atoms with Gasteiger partial charge in [0.25, 0.3) is 0 Å². The van der Waals surface area contributed by atoms with Gasteiger partial charge in [-0.25, -0.2) is 0 Å². The first-order valence-electron chi connectivity index (χ1n) is 4.34. The van der Waals surface area contributed by atoms with E-state index >= 15 is 0 Å². The molecule has 1 aromatic carbocycles. The van der Waals surface area contributed by atoms with Crippen molar-refractivity contribution in [3.8, 4) is 5.75 Å². The Bertz CT molecular complexity index is 338. The van der Waals surface area contributed by atoms with Crippen LogP contribution in [0.4, 0.5) is 0 Å². The predicted octanol–water partition coefficient (Wildman–Crippen LogP) is 2.40. The molecule has 0 amide bonds. The van der Waals surface area contributed by atoms with Gasteiger partial charge in [0, 0.05) is 10.5 Å². The topological polar surface area (TPSA) is 35.2 Å². The van der Waals surface area contributed by atoms with Gasteiger partial charge >= 0.3 is 0 Å². The van der Waals surface area contributed by atoms with Crippen molar-refractivity contribution in [3.63, 3.8) is 0 Å². The molecular formula is C10H12BrNO. The molecule has 2 nitrogen and oxygen atoms in total. The van der Waals surface area contributed by atoms with E-state index in [4.69, 9.17) is 10.5 Å². The number of rotatable bonds is 1. The monoisotopic (exact) mass is 241 g/mol. The van der Waals surface area contributed by atoms with Crippen molar-refractivity contribution in [2.75, 3.05) is 7.11 Å². The first kappa shape index (κ1) is 9.03. The molecule has 0 fully saturated rings. The SMILES string of the molecule is COc1cc(Br)cc2c1CCC2N. The number of hydrogen-bond acceptors (Lipinski definition) is 2. The van der Waals surface area contributed by atoms with Crippen LogP contribution in [0, 0.1) is 0 Å². The van der Waals surface area contributed by atoms with Crippen LogP contribution in [-0.2, 0) is 6.42 Å². The third kappa shape index (κ3) is 1.46. The maximum Gasteiger partial charge on any atom is 0.123 e. The molecule has 2 N–H and O–H groups in total. The summed E-state index contributed by atoms with van der Waals surface area (Å²) in [6.07, 6.45) is 2.06. The fourth-order valence-electron chi connectivity index (χ4n) is 1.87. The van der Waals surface area contributed by atoms with E-state index < -0.39 is 0 Å². The number of fused-ring (bicyclic) bond motifs is 1. The van der Waals surface area contributed by atoms with Crippen LogP contribution in [0.2, 0.25) is 0 Å². The second kappa shape index (κ2) is 3.31. The van der Waals surface area contributed by atoms with Gasteiger partial charge in [-0.05, 0) is 36.1 Å². The summed E-state index contributed by atoms with van der Waals surface area (Å²) in [5.74, 6) is 0.956. The van der Waals surface area contributed by atoms with E-state index in [1.165, 1.54) is 11.1 Å². The molecule has 70 valence electrons. The minimum Gasteiger partial charge on any atom is -0.496 e. The standard InChI is InChI=1S/C10H12BrNO/c1-13-10-5-6(11)4-8-7(10)2-3-9(8)12/h4-5,9H,2-3,12H2,1H3. The van der Waals surface area contributed by atoms with E-state index in [0.717, 1.165) is 23.1 Å². The minimum atomic E-state index is 0.182. The maximum absolute atomic E-state index is 5.96. The summed E-state index contributed by atoms with van der Waals surface area (Å²) in [5.41, 5.74) is 8.47. The van der Waals surface area contributed by atoms with E-state index in [1.54, 1.807) is 7.11 Å². The Labute approximate surface area is 86.2 Å². The average molecular weight is 242 g/mol. The Morgan fingerprint density at radius 3 is 3.00 bits per heavy atom. The molecule has 0 spiro atoms. The molecule has 0 saturated heterocycles. The van der Waals surface area contributed by atoms with Crippen LogP contribution in [0.3, 0.4) is 0 Å². The molecule has 0 aliphatic heterocycles. The largest absolute Gasteiger partial charge is 0.496 e. The summed E-state index contributed by atoms with van der Waals surface area (Å²) in [4.78, 5) is 0. The van der Waals surface area contributed by atoms with Gasteiger partial charge in [-0.2, -0.15) is 0 Å². The highest BCUT2D eigenvalue weighted by atomic mass is 79.9. The predicted molar refractivity (Wildman–Crippen MR) is 55.9 cm³/mol. The summed E-state index contributed by atoms with van der Waals surface area (Å²) in [6, 6.07) is 4.27. The van der Waals surface area contributed by atoms with Crippen molar-refractivity contribution in [1.29, 1.82) is 0 Å².